The molecule has 0 saturated carbocycles. The number of hydrogen-bond acceptors (Lipinski definition) is 4. The Morgan fingerprint density at radius 2 is 0.967 bits per heavy atom. The van der Waals surface area contributed by atoms with Crippen LogP contribution in [0.1, 0.15) is 31.8 Å². The molecular weight excluding hydrogens is 392 g/mol. The quantitative estimate of drug-likeness (QED) is 0.323. The standard InChI is InChI=1S/C26H16O3S/c27-25(17-7-3-1-4-8-17)19-11-13-21-23(15-19)30-24-16-20(12-14-22(24)29-21)26(28)18-9-5-2-6-10-18/h1-16H. The molecule has 4 aromatic carbocycles. The molecule has 0 radical (unpaired) electrons. The highest BCUT2D eigenvalue weighted by molar-refractivity contribution is 7.99. The van der Waals surface area contributed by atoms with Gasteiger partial charge in [0, 0.05) is 22.3 Å². The highest BCUT2D eigenvalue weighted by Crippen LogP contribution is 2.47. The van der Waals surface area contributed by atoms with Gasteiger partial charge in [-0.1, -0.05) is 72.4 Å². The first-order valence-electron chi connectivity index (χ1n) is 9.52. The molecule has 1 aliphatic heterocycles. The first-order valence-corrected chi connectivity index (χ1v) is 10.3. The minimum Gasteiger partial charge on any atom is -0.455 e. The fourth-order valence-electron chi connectivity index (χ4n) is 3.38. The maximum absolute atomic E-state index is 12.8. The second-order valence-corrected chi connectivity index (χ2v) is 8.00. The Balaban J connectivity index is 1.45. The molecule has 0 bridgehead atoms. The van der Waals surface area contributed by atoms with Crippen LogP contribution in [0, 0.1) is 0 Å². The highest BCUT2D eigenvalue weighted by Gasteiger charge is 2.21. The maximum Gasteiger partial charge on any atom is 0.193 e. The third-order valence-electron chi connectivity index (χ3n) is 4.92. The average molecular weight is 408 g/mol. The molecule has 0 aliphatic carbocycles. The Morgan fingerprint density at radius 3 is 1.40 bits per heavy atom. The van der Waals surface area contributed by atoms with E-state index in [1.54, 1.807) is 12.1 Å². The van der Waals surface area contributed by atoms with E-state index in [0.717, 1.165) is 9.79 Å². The van der Waals surface area contributed by atoms with E-state index in [2.05, 4.69) is 0 Å². The predicted octanol–water partition coefficient (Wildman–Crippen LogP) is 6.41. The van der Waals surface area contributed by atoms with E-state index < -0.39 is 0 Å². The van der Waals surface area contributed by atoms with Crippen LogP contribution in [0.2, 0.25) is 0 Å². The molecule has 1 aliphatic rings. The Bertz CT molecular complexity index is 1170. The number of fused-ring (bicyclic) bond motifs is 2. The van der Waals surface area contributed by atoms with E-state index in [1.807, 2.05) is 84.9 Å². The van der Waals surface area contributed by atoms with Gasteiger partial charge in [-0.3, -0.25) is 9.59 Å². The summed E-state index contributed by atoms with van der Waals surface area (Å²) in [7, 11) is 0. The number of hydrogen-bond donors (Lipinski definition) is 0. The summed E-state index contributed by atoms with van der Waals surface area (Å²) in [5.41, 5.74) is 2.51. The van der Waals surface area contributed by atoms with Crippen LogP contribution in [0.15, 0.2) is 107 Å². The van der Waals surface area contributed by atoms with Gasteiger partial charge in [-0.25, -0.2) is 0 Å². The second kappa shape index (κ2) is 7.65. The third-order valence-corrected chi connectivity index (χ3v) is 6.00. The topological polar surface area (TPSA) is 43.4 Å². The van der Waals surface area contributed by atoms with Crippen LogP contribution in [0.4, 0.5) is 0 Å². The van der Waals surface area contributed by atoms with E-state index in [1.165, 1.54) is 11.8 Å². The van der Waals surface area contributed by atoms with Crippen molar-refractivity contribution in [1.29, 1.82) is 0 Å². The summed E-state index contributed by atoms with van der Waals surface area (Å²) in [6.45, 7) is 0. The van der Waals surface area contributed by atoms with Gasteiger partial charge >= 0.3 is 0 Å². The van der Waals surface area contributed by atoms with Crippen LogP contribution in [0.5, 0.6) is 11.5 Å². The van der Waals surface area contributed by atoms with E-state index >= 15 is 0 Å². The molecule has 0 unspecified atom stereocenters. The number of carbonyl (C=O) groups excluding carboxylic acids is 2. The van der Waals surface area contributed by atoms with Crippen molar-refractivity contribution in [3.8, 4) is 11.5 Å². The van der Waals surface area contributed by atoms with Crippen molar-refractivity contribution < 1.29 is 14.3 Å². The highest BCUT2D eigenvalue weighted by atomic mass is 32.2. The molecule has 30 heavy (non-hydrogen) atoms. The van der Waals surface area contributed by atoms with Crippen molar-refractivity contribution in [3.05, 3.63) is 119 Å². The first-order chi connectivity index (χ1) is 14.7. The van der Waals surface area contributed by atoms with Gasteiger partial charge in [-0.15, -0.1) is 0 Å². The lowest BCUT2D eigenvalue weighted by Gasteiger charge is -2.20. The van der Waals surface area contributed by atoms with Crippen molar-refractivity contribution in [2.45, 2.75) is 9.79 Å². The van der Waals surface area contributed by atoms with Crippen LogP contribution < -0.4 is 4.74 Å². The number of benzene rings is 4. The maximum atomic E-state index is 12.8. The van der Waals surface area contributed by atoms with Crippen molar-refractivity contribution in [2.24, 2.45) is 0 Å². The van der Waals surface area contributed by atoms with Gasteiger partial charge in [0.25, 0.3) is 0 Å². The van der Waals surface area contributed by atoms with Crippen molar-refractivity contribution >= 4 is 23.3 Å². The van der Waals surface area contributed by atoms with E-state index in [0.29, 0.717) is 33.8 Å². The summed E-state index contributed by atoms with van der Waals surface area (Å²) in [5, 5.41) is 0. The molecule has 4 aromatic rings. The predicted molar refractivity (Wildman–Crippen MR) is 117 cm³/mol. The molecule has 144 valence electrons. The Labute approximate surface area is 178 Å². The number of ketones is 2. The molecule has 1 heterocycles. The van der Waals surface area contributed by atoms with Gasteiger partial charge in [0.15, 0.2) is 11.6 Å². The summed E-state index contributed by atoms with van der Waals surface area (Å²) in [6, 6.07) is 29.3. The lowest BCUT2D eigenvalue weighted by Crippen LogP contribution is -2.04. The molecule has 0 amide bonds. The van der Waals surface area contributed by atoms with Crippen molar-refractivity contribution in [2.75, 3.05) is 0 Å². The third kappa shape index (κ3) is 3.42. The molecule has 0 spiro atoms. The summed E-state index contributed by atoms with van der Waals surface area (Å²) >= 11 is 1.51. The smallest absolute Gasteiger partial charge is 0.193 e. The minimum absolute atomic E-state index is 0.0298. The molecular formula is C26H16O3S. The number of rotatable bonds is 4. The molecule has 0 N–H and O–H groups in total. The molecule has 0 saturated heterocycles. The van der Waals surface area contributed by atoms with E-state index in [-0.39, 0.29) is 11.6 Å². The monoisotopic (exact) mass is 408 g/mol. The number of ether oxygens (including phenoxy) is 1. The first kappa shape index (κ1) is 18.4. The summed E-state index contributed by atoms with van der Waals surface area (Å²) in [6.07, 6.45) is 0. The molecule has 4 heteroatoms. The van der Waals surface area contributed by atoms with Gasteiger partial charge in [-0.2, -0.15) is 0 Å². The zero-order valence-electron chi connectivity index (χ0n) is 15.9. The largest absolute Gasteiger partial charge is 0.455 e. The van der Waals surface area contributed by atoms with Gasteiger partial charge in [-0.05, 0) is 36.4 Å². The fourth-order valence-corrected chi connectivity index (χ4v) is 4.41. The molecule has 3 nitrogen and oxygen atoms in total. The fraction of sp³-hybridized carbons (Fsp3) is 0. The van der Waals surface area contributed by atoms with Crippen LogP contribution >= 0.6 is 11.8 Å². The van der Waals surface area contributed by atoms with Crippen LogP contribution in [-0.2, 0) is 0 Å². The minimum atomic E-state index is -0.0298. The molecule has 0 aromatic heterocycles. The SMILES string of the molecule is O=C(c1ccccc1)c1ccc2c(c1)Sc1cc(C(=O)c3ccccc3)ccc1O2. The summed E-state index contributed by atoms with van der Waals surface area (Å²) in [4.78, 5) is 27.3. The molecule has 0 fully saturated rings. The van der Waals surface area contributed by atoms with Crippen molar-refractivity contribution in [1.82, 2.24) is 0 Å². The van der Waals surface area contributed by atoms with Crippen LogP contribution in [0.3, 0.4) is 0 Å². The van der Waals surface area contributed by atoms with E-state index in [4.69, 9.17) is 4.74 Å². The normalized spacial score (nSPS) is 11.7. The zero-order chi connectivity index (χ0) is 20.5. The van der Waals surface area contributed by atoms with Gasteiger partial charge in [0.2, 0.25) is 0 Å². The van der Waals surface area contributed by atoms with Gasteiger partial charge in [0.1, 0.15) is 11.5 Å². The molecule has 5 rings (SSSR count). The zero-order valence-corrected chi connectivity index (χ0v) is 16.7. The van der Waals surface area contributed by atoms with E-state index in [9.17, 15) is 9.59 Å². The van der Waals surface area contributed by atoms with Crippen molar-refractivity contribution in [3.63, 3.8) is 0 Å². The lowest BCUT2D eigenvalue weighted by atomic mass is 10.0. The summed E-state index contributed by atoms with van der Waals surface area (Å²) < 4.78 is 6.01. The summed E-state index contributed by atoms with van der Waals surface area (Å²) in [5.74, 6) is 1.36. The lowest BCUT2D eigenvalue weighted by molar-refractivity contribution is 0.103. The van der Waals surface area contributed by atoms with Gasteiger partial charge < -0.3 is 4.74 Å². The molecule has 0 atom stereocenters. The van der Waals surface area contributed by atoms with Crippen LogP contribution in [0.25, 0.3) is 0 Å². The van der Waals surface area contributed by atoms with Crippen LogP contribution in [-0.4, -0.2) is 11.6 Å². The Hall–Kier alpha value is -3.63. The Kier molecular flexibility index (Phi) is 4.69. The Morgan fingerprint density at radius 1 is 0.533 bits per heavy atom. The second-order valence-electron chi connectivity index (χ2n) is 6.92. The number of carbonyl (C=O) groups is 2. The average Bonchev–Trinajstić information content (AvgIpc) is 2.82. The van der Waals surface area contributed by atoms with Gasteiger partial charge in [0.05, 0.1) is 9.79 Å².